The lowest BCUT2D eigenvalue weighted by Crippen LogP contribution is -2.43. The van der Waals surface area contributed by atoms with Crippen LogP contribution in [0.4, 0.5) is 14.9 Å². The Morgan fingerprint density at radius 1 is 1.16 bits per heavy atom. The van der Waals surface area contributed by atoms with Gasteiger partial charge in [0.05, 0.1) is 18.8 Å². The number of nitrogens with one attached hydrogen (secondary N) is 2. The second-order valence-electron chi connectivity index (χ2n) is 7.74. The highest BCUT2D eigenvalue weighted by atomic mass is 35.5. The molecule has 2 amide bonds. The van der Waals surface area contributed by atoms with E-state index in [4.69, 9.17) is 16.3 Å². The Hall–Kier alpha value is -3.51. The maximum Gasteiger partial charge on any atom is 0.322 e. The molecule has 4 aromatic rings. The lowest BCUT2D eigenvalue weighted by molar-refractivity contribution is 0.193. The van der Waals surface area contributed by atoms with Gasteiger partial charge in [-0.2, -0.15) is 0 Å². The Bertz CT molecular complexity index is 1300. The van der Waals surface area contributed by atoms with Crippen molar-refractivity contribution >= 4 is 34.2 Å². The summed E-state index contributed by atoms with van der Waals surface area (Å²) in [5.74, 6) is 0.200. The van der Waals surface area contributed by atoms with E-state index >= 15 is 0 Å². The van der Waals surface area contributed by atoms with Crippen molar-refractivity contribution in [2.75, 3.05) is 19.0 Å². The Balaban J connectivity index is 1.57. The SMILES string of the molecule is COc1ccc(Cl)cc1NC(=O)N1CCc2c([nH]c3ccccc23)[C@@H]1c1ccc(F)cc1. The van der Waals surface area contributed by atoms with Crippen LogP contribution in [0.1, 0.15) is 22.9 Å². The normalized spacial score (nSPS) is 15.5. The number of aromatic amines is 1. The molecule has 0 saturated heterocycles. The number of carbonyl (C=O) groups is 1. The zero-order valence-corrected chi connectivity index (χ0v) is 18.1. The lowest BCUT2D eigenvalue weighted by atomic mass is 9.92. The molecule has 0 bridgehead atoms. The Morgan fingerprint density at radius 2 is 1.94 bits per heavy atom. The fourth-order valence-electron chi connectivity index (χ4n) is 4.42. The highest BCUT2D eigenvalue weighted by Crippen LogP contribution is 2.39. The number of para-hydroxylation sites is 1. The maximum absolute atomic E-state index is 13.7. The third kappa shape index (κ3) is 3.56. The first-order chi connectivity index (χ1) is 15.5. The van der Waals surface area contributed by atoms with E-state index in [-0.39, 0.29) is 11.8 Å². The van der Waals surface area contributed by atoms with E-state index in [1.54, 1.807) is 35.2 Å². The van der Waals surface area contributed by atoms with Crippen LogP contribution in [0.3, 0.4) is 0 Å². The molecule has 2 heterocycles. The van der Waals surface area contributed by atoms with Gasteiger partial charge in [-0.1, -0.05) is 41.9 Å². The number of aromatic nitrogens is 1. The first-order valence-electron chi connectivity index (χ1n) is 10.3. The Labute approximate surface area is 189 Å². The minimum absolute atomic E-state index is 0.288. The number of fused-ring (bicyclic) bond motifs is 3. The van der Waals surface area contributed by atoms with Gasteiger partial charge in [0.1, 0.15) is 11.6 Å². The van der Waals surface area contributed by atoms with E-state index in [0.29, 0.717) is 29.4 Å². The molecule has 0 saturated carbocycles. The van der Waals surface area contributed by atoms with Crippen LogP contribution in [-0.2, 0) is 6.42 Å². The largest absolute Gasteiger partial charge is 0.495 e. The third-order valence-corrected chi connectivity index (χ3v) is 6.12. The molecule has 1 aliphatic heterocycles. The standard InChI is InChI=1S/C25H21ClFN3O2/c1-32-22-11-8-16(26)14-21(22)29-25(31)30-13-12-19-18-4-2-3-5-20(18)28-23(19)24(30)15-6-9-17(27)10-7-15/h2-11,14,24,28H,12-13H2,1H3,(H,29,31)/t24-/m0/s1. The number of amides is 2. The van der Waals surface area contributed by atoms with Crippen molar-refractivity contribution in [1.29, 1.82) is 0 Å². The zero-order valence-electron chi connectivity index (χ0n) is 17.4. The molecule has 5 nitrogen and oxygen atoms in total. The van der Waals surface area contributed by atoms with Crippen LogP contribution in [0.2, 0.25) is 5.02 Å². The zero-order chi connectivity index (χ0) is 22.2. The fraction of sp³-hybridized carbons (Fsp3) is 0.160. The van der Waals surface area contributed by atoms with Crippen molar-refractivity contribution in [1.82, 2.24) is 9.88 Å². The number of urea groups is 1. The van der Waals surface area contributed by atoms with Crippen molar-refractivity contribution in [3.63, 3.8) is 0 Å². The summed E-state index contributed by atoms with van der Waals surface area (Å²) in [6.07, 6.45) is 0.705. The van der Waals surface area contributed by atoms with Gasteiger partial charge in [-0.05, 0) is 53.9 Å². The summed E-state index contributed by atoms with van der Waals surface area (Å²) in [5, 5.41) is 4.58. The highest BCUT2D eigenvalue weighted by molar-refractivity contribution is 6.31. The second-order valence-corrected chi connectivity index (χ2v) is 8.17. The summed E-state index contributed by atoms with van der Waals surface area (Å²) in [6, 6.07) is 18.8. The van der Waals surface area contributed by atoms with Crippen LogP contribution in [0.25, 0.3) is 10.9 Å². The molecule has 2 N–H and O–H groups in total. The van der Waals surface area contributed by atoms with Gasteiger partial charge in [0, 0.05) is 28.2 Å². The van der Waals surface area contributed by atoms with Gasteiger partial charge < -0.3 is 19.9 Å². The van der Waals surface area contributed by atoms with Gasteiger partial charge in [-0.3, -0.25) is 0 Å². The van der Waals surface area contributed by atoms with Crippen LogP contribution in [0.15, 0.2) is 66.7 Å². The third-order valence-electron chi connectivity index (χ3n) is 5.88. The smallest absolute Gasteiger partial charge is 0.322 e. The average molecular weight is 450 g/mol. The summed E-state index contributed by atoms with van der Waals surface area (Å²) in [5.41, 5.74) is 4.46. The average Bonchev–Trinajstić information content (AvgIpc) is 3.18. The van der Waals surface area contributed by atoms with E-state index in [1.807, 2.05) is 18.2 Å². The van der Waals surface area contributed by atoms with Crippen LogP contribution in [-0.4, -0.2) is 29.6 Å². The number of H-pyrrole nitrogens is 1. The number of benzene rings is 3. The molecule has 5 rings (SSSR count). The molecule has 0 fully saturated rings. The number of anilines is 1. The minimum atomic E-state index is -0.392. The van der Waals surface area contributed by atoms with Crippen molar-refractivity contribution in [2.45, 2.75) is 12.5 Å². The van der Waals surface area contributed by atoms with E-state index in [9.17, 15) is 9.18 Å². The molecular formula is C25H21ClFN3O2. The van der Waals surface area contributed by atoms with Gasteiger partial charge >= 0.3 is 6.03 Å². The van der Waals surface area contributed by atoms with Crippen molar-refractivity contribution in [2.24, 2.45) is 0 Å². The van der Waals surface area contributed by atoms with Crippen LogP contribution < -0.4 is 10.1 Å². The molecular weight excluding hydrogens is 429 g/mol. The number of halogens is 2. The van der Waals surface area contributed by atoms with E-state index in [1.165, 1.54) is 24.8 Å². The van der Waals surface area contributed by atoms with E-state index in [0.717, 1.165) is 22.2 Å². The number of hydrogen-bond donors (Lipinski definition) is 2. The number of carbonyl (C=O) groups excluding carboxylic acids is 1. The number of rotatable bonds is 3. The van der Waals surface area contributed by atoms with E-state index < -0.39 is 6.04 Å². The van der Waals surface area contributed by atoms with Crippen molar-refractivity contribution < 1.29 is 13.9 Å². The molecule has 0 radical (unpaired) electrons. The van der Waals surface area contributed by atoms with Gasteiger partial charge in [0.2, 0.25) is 0 Å². The van der Waals surface area contributed by atoms with Gasteiger partial charge in [0.25, 0.3) is 0 Å². The van der Waals surface area contributed by atoms with Gasteiger partial charge in [0.15, 0.2) is 0 Å². The molecule has 1 aromatic heterocycles. The number of ether oxygens (including phenoxy) is 1. The number of hydrogen-bond acceptors (Lipinski definition) is 2. The lowest BCUT2D eigenvalue weighted by Gasteiger charge is -2.36. The highest BCUT2D eigenvalue weighted by Gasteiger charge is 2.34. The summed E-state index contributed by atoms with van der Waals surface area (Å²) in [4.78, 5) is 18.7. The van der Waals surface area contributed by atoms with Crippen LogP contribution >= 0.6 is 11.6 Å². The van der Waals surface area contributed by atoms with Gasteiger partial charge in [-0.25, -0.2) is 9.18 Å². The molecule has 1 atom stereocenters. The van der Waals surface area contributed by atoms with Gasteiger partial charge in [-0.15, -0.1) is 0 Å². The topological polar surface area (TPSA) is 57.4 Å². The Kier molecular flexibility index (Phi) is 5.23. The molecule has 32 heavy (non-hydrogen) atoms. The van der Waals surface area contributed by atoms with Crippen molar-refractivity contribution in [3.05, 3.63) is 94.4 Å². The Morgan fingerprint density at radius 3 is 2.72 bits per heavy atom. The van der Waals surface area contributed by atoms with Crippen LogP contribution in [0.5, 0.6) is 5.75 Å². The van der Waals surface area contributed by atoms with Crippen LogP contribution in [0, 0.1) is 5.82 Å². The fourth-order valence-corrected chi connectivity index (χ4v) is 4.59. The maximum atomic E-state index is 13.7. The first kappa shape index (κ1) is 20.4. The number of nitrogens with zero attached hydrogens (tertiary/aromatic N) is 1. The summed E-state index contributed by atoms with van der Waals surface area (Å²) in [6.45, 7) is 0.506. The summed E-state index contributed by atoms with van der Waals surface area (Å²) in [7, 11) is 1.54. The predicted octanol–water partition coefficient (Wildman–Crippen LogP) is 6.15. The molecule has 1 aliphatic rings. The van der Waals surface area contributed by atoms with Crippen molar-refractivity contribution in [3.8, 4) is 5.75 Å². The number of methoxy groups -OCH3 is 1. The molecule has 0 unspecified atom stereocenters. The molecule has 0 aliphatic carbocycles. The molecule has 3 aromatic carbocycles. The molecule has 0 spiro atoms. The summed E-state index contributed by atoms with van der Waals surface area (Å²) >= 11 is 6.13. The predicted molar refractivity (Wildman–Crippen MR) is 124 cm³/mol. The quantitative estimate of drug-likeness (QED) is 0.394. The van der Waals surface area contributed by atoms with E-state index in [2.05, 4.69) is 16.4 Å². The second kappa shape index (κ2) is 8.20. The minimum Gasteiger partial charge on any atom is -0.495 e. The molecule has 162 valence electrons. The summed E-state index contributed by atoms with van der Waals surface area (Å²) < 4.78 is 19.0. The first-order valence-corrected chi connectivity index (χ1v) is 10.7. The molecule has 7 heteroatoms. The monoisotopic (exact) mass is 449 g/mol.